The number of hydrogen-bond acceptors (Lipinski definition) is 1. The molecule has 0 unspecified atom stereocenters. The number of nitrogens with one attached hydrogen (secondary N) is 1. The molecule has 1 aromatic carbocycles. The molecule has 0 aliphatic heterocycles. The van der Waals surface area contributed by atoms with Gasteiger partial charge in [0.15, 0.2) is 0 Å². The van der Waals surface area contributed by atoms with Gasteiger partial charge in [0.1, 0.15) is 0 Å². The molecule has 0 bridgehead atoms. The van der Waals surface area contributed by atoms with Gasteiger partial charge in [-0.2, -0.15) is 0 Å². The molecule has 3 rings (SSSR count). The monoisotopic (exact) mass is 252 g/mol. The van der Waals surface area contributed by atoms with E-state index in [0.717, 1.165) is 11.2 Å². The molecule has 3 aromatic rings. The van der Waals surface area contributed by atoms with Crippen LogP contribution in [0.25, 0.3) is 21.8 Å². The molecule has 0 aliphatic carbocycles. The predicted octanol–water partition coefficient (Wildman–Crippen LogP) is 4.96. The lowest BCUT2D eigenvalue weighted by Gasteiger charge is -2.06. The van der Waals surface area contributed by atoms with Gasteiger partial charge in [0, 0.05) is 27.7 Å². The Morgan fingerprint density at radius 1 is 0.947 bits per heavy atom. The van der Waals surface area contributed by atoms with Gasteiger partial charge >= 0.3 is 0 Å². The molecule has 0 aliphatic rings. The molecule has 0 spiro atoms. The first-order chi connectivity index (χ1) is 9.06. The van der Waals surface area contributed by atoms with Gasteiger partial charge in [-0.25, -0.2) is 0 Å². The van der Waals surface area contributed by atoms with E-state index in [1.54, 1.807) is 0 Å². The molecular formula is C17H20N2. The summed E-state index contributed by atoms with van der Waals surface area (Å²) < 4.78 is 0. The SMILES string of the molecule is CC(C)c1ccc2ccc3[nH]c(C(C)C)cc3c2n1. The summed E-state index contributed by atoms with van der Waals surface area (Å²) in [6.07, 6.45) is 0. The molecule has 0 amide bonds. The highest BCUT2D eigenvalue weighted by Gasteiger charge is 2.10. The Bertz CT molecular complexity index is 735. The van der Waals surface area contributed by atoms with Crippen molar-refractivity contribution in [3.8, 4) is 0 Å². The highest BCUT2D eigenvalue weighted by atomic mass is 14.7. The second-order valence-electron chi connectivity index (χ2n) is 5.87. The van der Waals surface area contributed by atoms with Gasteiger partial charge < -0.3 is 4.98 Å². The van der Waals surface area contributed by atoms with Crippen molar-refractivity contribution < 1.29 is 0 Å². The summed E-state index contributed by atoms with van der Waals surface area (Å²) in [6.45, 7) is 8.79. The fourth-order valence-corrected chi connectivity index (χ4v) is 2.46. The van der Waals surface area contributed by atoms with Gasteiger partial charge in [0.25, 0.3) is 0 Å². The average molecular weight is 252 g/mol. The highest BCUT2D eigenvalue weighted by molar-refractivity contribution is 6.04. The Kier molecular flexibility index (Phi) is 2.81. The molecular weight excluding hydrogens is 232 g/mol. The lowest BCUT2D eigenvalue weighted by molar-refractivity contribution is 0.830. The third-order valence-electron chi connectivity index (χ3n) is 3.72. The largest absolute Gasteiger partial charge is 0.358 e. The van der Waals surface area contributed by atoms with E-state index in [4.69, 9.17) is 4.98 Å². The van der Waals surface area contributed by atoms with Gasteiger partial charge in [-0.3, -0.25) is 4.98 Å². The van der Waals surface area contributed by atoms with Gasteiger partial charge in [0.2, 0.25) is 0 Å². The number of hydrogen-bond donors (Lipinski definition) is 1. The first-order valence-electron chi connectivity index (χ1n) is 6.98. The van der Waals surface area contributed by atoms with E-state index in [9.17, 15) is 0 Å². The normalized spacial score (nSPS) is 12.1. The molecule has 2 aromatic heterocycles. The number of pyridine rings is 1. The summed E-state index contributed by atoms with van der Waals surface area (Å²) in [6, 6.07) is 10.9. The van der Waals surface area contributed by atoms with Crippen molar-refractivity contribution in [3.63, 3.8) is 0 Å². The lowest BCUT2D eigenvalue weighted by Crippen LogP contribution is -1.92. The predicted molar refractivity (Wildman–Crippen MR) is 81.8 cm³/mol. The van der Waals surface area contributed by atoms with Gasteiger partial charge in [0.05, 0.1) is 5.52 Å². The zero-order valence-electron chi connectivity index (χ0n) is 12.0. The van der Waals surface area contributed by atoms with Crippen LogP contribution in [0.4, 0.5) is 0 Å². The first-order valence-corrected chi connectivity index (χ1v) is 6.98. The van der Waals surface area contributed by atoms with E-state index < -0.39 is 0 Å². The van der Waals surface area contributed by atoms with E-state index in [-0.39, 0.29) is 0 Å². The van der Waals surface area contributed by atoms with Gasteiger partial charge in [-0.15, -0.1) is 0 Å². The molecule has 1 N–H and O–H groups in total. The highest BCUT2D eigenvalue weighted by Crippen LogP contribution is 2.28. The van der Waals surface area contributed by atoms with Crippen molar-refractivity contribution in [2.24, 2.45) is 0 Å². The summed E-state index contributed by atoms with van der Waals surface area (Å²) in [5.41, 5.74) is 4.74. The Morgan fingerprint density at radius 3 is 2.37 bits per heavy atom. The Morgan fingerprint density at radius 2 is 1.68 bits per heavy atom. The van der Waals surface area contributed by atoms with Crippen molar-refractivity contribution in [1.82, 2.24) is 9.97 Å². The van der Waals surface area contributed by atoms with Crippen molar-refractivity contribution >= 4 is 21.8 Å². The first kappa shape index (κ1) is 12.2. The van der Waals surface area contributed by atoms with Crippen molar-refractivity contribution in [2.45, 2.75) is 39.5 Å². The topological polar surface area (TPSA) is 28.7 Å². The number of benzene rings is 1. The van der Waals surface area contributed by atoms with Crippen molar-refractivity contribution in [3.05, 3.63) is 41.7 Å². The van der Waals surface area contributed by atoms with E-state index in [1.165, 1.54) is 22.0 Å². The molecule has 19 heavy (non-hydrogen) atoms. The lowest BCUT2D eigenvalue weighted by atomic mass is 10.1. The fraction of sp³-hybridized carbons (Fsp3) is 0.353. The quantitative estimate of drug-likeness (QED) is 0.686. The van der Waals surface area contributed by atoms with E-state index >= 15 is 0 Å². The van der Waals surface area contributed by atoms with Crippen LogP contribution < -0.4 is 0 Å². The van der Waals surface area contributed by atoms with E-state index in [0.29, 0.717) is 11.8 Å². The Balaban J connectivity index is 2.33. The number of rotatable bonds is 2. The number of nitrogens with zero attached hydrogens (tertiary/aromatic N) is 1. The Labute approximate surface area is 113 Å². The summed E-state index contributed by atoms with van der Waals surface area (Å²) in [7, 11) is 0. The maximum atomic E-state index is 4.86. The van der Waals surface area contributed by atoms with Crippen LogP contribution in [-0.2, 0) is 0 Å². The summed E-state index contributed by atoms with van der Waals surface area (Å²) >= 11 is 0. The van der Waals surface area contributed by atoms with Crippen molar-refractivity contribution in [1.29, 1.82) is 0 Å². The molecule has 0 fully saturated rings. The molecule has 2 heteroatoms. The van der Waals surface area contributed by atoms with Crippen LogP contribution in [0.1, 0.15) is 50.9 Å². The maximum absolute atomic E-state index is 4.86. The molecule has 0 saturated carbocycles. The smallest absolute Gasteiger partial charge is 0.0799 e. The minimum atomic E-state index is 0.461. The standard InChI is InChI=1S/C17H20N2/c1-10(2)14-7-5-12-6-8-15-13(17(12)19-14)9-16(18-15)11(3)4/h5-11,18H,1-4H3. The number of fused-ring (bicyclic) bond motifs is 3. The van der Waals surface area contributed by atoms with E-state index in [1.807, 2.05) is 0 Å². The fourth-order valence-electron chi connectivity index (χ4n) is 2.46. The third-order valence-corrected chi connectivity index (χ3v) is 3.72. The van der Waals surface area contributed by atoms with Gasteiger partial charge in [-0.1, -0.05) is 39.8 Å². The van der Waals surface area contributed by atoms with Crippen LogP contribution in [0.2, 0.25) is 0 Å². The molecule has 2 nitrogen and oxygen atoms in total. The molecule has 2 heterocycles. The van der Waals surface area contributed by atoms with Crippen LogP contribution >= 0.6 is 0 Å². The van der Waals surface area contributed by atoms with Crippen LogP contribution in [0.5, 0.6) is 0 Å². The zero-order chi connectivity index (χ0) is 13.6. The zero-order valence-corrected chi connectivity index (χ0v) is 12.0. The number of H-pyrrole nitrogens is 1. The minimum absolute atomic E-state index is 0.461. The van der Waals surface area contributed by atoms with Crippen LogP contribution in [0.15, 0.2) is 30.3 Å². The average Bonchev–Trinajstić information content (AvgIpc) is 2.82. The van der Waals surface area contributed by atoms with Crippen molar-refractivity contribution in [2.75, 3.05) is 0 Å². The number of aromatic nitrogens is 2. The molecule has 0 radical (unpaired) electrons. The Hall–Kier alpha value is -1.83. The van der Waals surface area contributed by atoms with Crippen LogP contribution in [0.3, 0.4) is 0 Å². The maximum Gasteiger partial charge on any atom is 0.0799 e. The minimum Gasteiger partial charge on any atom is -0.358 e. The third kappa shape index (κ3) is 2.01. The summed E-state index contributed by atoms with van der Waals surface area (Å²) in [5.74, 6) is 0.971. The van der Waals surface area contributed by atoms with Crippen LogP contribution in [0, 0.1) is 0 Å². The molecule has 0 saturated heterocycles. The molecule has 0 atom stereocenters. The van der Waals surface area contributed by atoms with Crippen LogP contribution in [-0.4, -0.2) is 9.97 Å². The van der Waals surface area contributed by atoms with E-state index in [2.05, 4.69) is 63.0 Å². The summed E-state index contributed by atoms with van der Waals surface area (Å²) in [4.78, 5) is 8.35. The number of aromatic amines is 1. The second-order valence-corrected chi connectivity index (χ2v) is 5.87. The van der Waals surface area contributed by atoms with Gasteiger partial charge in [-0.05, 0) is 30.0 Å². The molecule has 98 valence electrons. The summed E-state index contributed by atoms with van der Waals surface area (Å²) in [5, 5.41) is 2.45. The second kappa shape index (κ2) is 4.37.